The molecule has 29 heavy (non-hydrogen) atoms. The second-order valence-electron chi connectivity index (χ2n) is 8.47. The summed E-state index contributed by atoms with van der Waals surface area (Å²) in [5, 5.41) is 28.5. The molecule has 0 unspecified atom stereocenters. The summed E-state index contributed by atoms with van der Waals surface area (Å²) < 4.78 is 10.8. The third-order valence-corrected chi connectivity index (χ3v) is 5.81. The second kappa shape index (κ2) is 18.2. The summed E-state index contributed by atoms with van der Waals surface area (Å²) in [7, 11) is 0. The fraction of sp³-hybridized carbons (Fsp3) is 0.917. The van der Waals surface area contributed by atoms with Crippen LogP contribution in [0, 0.1) is 0 Å². The van der Waals surface area contributed by atoms with Crippen molar-refractivity contribution in [2.24, 2.45) is 0 Å². The zero-order valence-electron chi connectivity index (χ0n) is 18.6. The molecule has 0 radical (unpaired) electrons. The van der Waals surface area contributed by atoms with Crippen molar-refractivity contribution < 1.29 is 24.8 Å². The van der Waals surface area contributed by atoms with E-state index in [9.17, 15) is 10.2 Å². The van der Waals surface area contributed by atoms with E-state index in [-0.39, 0.29) is 6.61 Å². The van der Waals surface area contributed by atoms with Gasteiger partial charge in [-0.15, -0.1) is 0 Å². The number of aliphatic hydroxyl groups is 3. The third-order valence-electron chi connectivity index (χ3n) is 5.81. The average Bonchev–Trinajstić information content (AvgIpc) is 3.10. The Morgan fingerprint density at radius 1 is 0.897 bits per heavy atom. The number of hydrogen-bond acceptors (Lipinski definition) is 5. The maximum Gasteiger partial charge on any atom is 0.149 e. The number of rotatable bonds is 19. The van der Waals surface area contributed by atoms with Gasteiger partial charge in [0.05, 0.1) is 19.5 Å². The Balaban J connectivity index is 1.84. The van der Waals surface area contributed by atoms with Gasteiger partial charge in [-0.25, -0.2) is 0 Å². The minimum atomic E-state index is -1.07. The van der Waals surface area contributed by atoms with Gasteiger partial charge in [0.25, 0.3) is 0 Å². The van der Waals surface area contributed by atoms with Gasteiger partial charge >= 0.3 is 0 Å². The summed E-state index contributed by atoms with van der Waals surface area (Å²) in [6, 6.07) is 0. The van der Waals surface area contributed by atoms with Crippen molar-refractivity contribution in [3.8, 4) is 0 Å². The third kappa shape index (κ3) is 12.6. The Bertz CT molecular complexity index is 387. The first-order valence-corrected chi connectivity index (χ1v) is 12.1. The zero-order valence-corrected chi connectivity index (χ0v) is 18.6. The minimum Gasteiger partial charge on any atom is -0.493 e. The van der Waals surface area contributed by atoms with Gasteiger partial charge in [0, 0.05) is 0 Å². The summed E-state index contributed by atoms with van der Waals surface area (Å²) in [5.74, 6) is 0. The van der Waals surface area contributed by atoms with E-state index >= 15 is 0 Å². The lowest BCUT2D eigenvalue weighted by Crippen LogP contribution is -2.40. The predicted molar refractivity (Wildman–Crippen MR) is 118 cm³/mol. The Morgan fingerprint density at radius 3 is 1.93 bits per heavy atom. The molecule has 1 fully saturated rings. The second-order valence-corrected chi connectivity index (χ2v) is 8.47. The number of aliphatic hydroxyl groups excluding tert-OH is 3. The molecule has 0 saturated carbocycles. The number of hydrogen-bond donors (Lipinski definition) is 3. The van der Waals surface area contributed by atoms with Crippen LogP contribution >= 0.6 is 0 Å². The first-order chi connectivity index (χ1) is 14.2. The van der Waals surface area contributed by atoms with E-state index < -0.39 is 31.0 Å². The van der Waals surface area contributed by atoms with E-state index in [1.807, 2.05) is 6.08 Å². The van der Waals surface area contributed by atoms with Crippen LogP contribution in [0.2, 0.25) is 0 Å². The highest BCUT2D eigenvalue weighted by Crippen LogP contribution is 2.20. The molecular formula is C24H46O5. The molecule has 1 rings (SSSR count). The van der Waals surface area contributed by atoms with E-state index in [2.05, 4.69) is 6.92 Å². The van der Waals surface area contributed by atoms with E-state index in [0.29, 0.717) is 0 Å². The van der Waals surface area contributed by atoms with Gasteiger partial charge in [0.2, 0.25) is 0 Å². The number of allylic oxidation sites excluding steroid dienone is 1. The molecule has 5 nitrogen and oxygen atoms in total. The minimum absolute atomic E-state index is 0.228. The molecule has 172 valence electrons. The van der Waals surface area contributed by atoms with Crippen LogP contribution < -0.4 is 0 Å². The smallest absolute Gasteiger partial charge is 0.149 e. The summed E-state index contributed by atoms with van der Waals surface area (Å²) >= 11 is 0. The zero-order chi connectivity index (χ0) is 21.2. The SMILES string of the molecule is CCCCCCCCCCCCCCCC/C=C/O[C@@H]1CO[C@@H]([C@@H](O)CO)[C@H]1O. The Morgan fingerprint density at radius 2 is 1.41 bits per heavy atom. The molecule has 0 aliphatic carbocycles. The van der Waals surface area contributed by atoms with Crippen LogP contribution in [0.25, 0.3) is 0 Å². The quantitative estimate of drug-likeness (QED) is 0.208. The van der Waals surface area contributed by atoms with Gasteiger partial charge in [0.15, 0.2) is 0 Å². The molecule has 0 aromatic rings. The molecule has 0 amide bonds. The van der Waals surface area contributed by atoms with Gasteiger partial charge in [-0.3, -0.25) is 0 Å². The van der Waals surface area contributed by atoms with Gasteiger partial charge in [-0.05, 0) is 18.9 Å². The van der Waals surface area contributed by atoms with Gasteiger partial charge in [-0.1, -0.05) is 90.4 Å². The normalized spacial score (nSPS) is 23.1. The average molecular weight is 415 g/mol. The van der Waals surface area contributed by atoms with Crippen LogP contribution in [0.1, 0.15) is 103 Å². The molecule has 0 spiro atoms. The van der Waals surface area contributed by atoms with Gasteiger partial charge < -0.3 is 24.8 Å². The van der Waals surface area contributed by atoms with E-state index in [0.717, 1.165) is 12.8 Å². The maximum atomic E-state index is 10.0. The predicted octanol–water partition coefficient (Wildman–Crippen LogP) is 4.87. The molecular weight excluding hydrogens is 368 g/mol. The topological polar surface area (TPSA) is 79.2 Å². The molecule has 0 bridgehead atoms. The molecule has 1 saturated heterocycles. The Labute approximate surface area is 178 Å². The van der Waals surface area contributed by atoms with Crippen LogP contribution in [-0.2, 0) is 9.47 Å². The lowest BCUT2D eigenvalue weighted by molar-refractivity contribution is -0.0689. The lowest BCUT2D eigenvalue weighted by atomic mass is 10.0. The highest BCUT2D eigenvalue weighted by molar-refractivity contribution is 4.90. The van der Waals surface area contributed by atoms with Crippen LogP contribution in [0.15, 0.2) is 12.3 Å². The van der Waals surface area contributed by atoms with Crippen molar-refractivity contribution >= 4 is 0 Å². The van der Waals surface area contributed by atoms with Crippen molar-refractivity contribution in [1.29, 1.82) is 0 Å². The summed E-state index contributed by atoms with van der Waals surface area (Å²) in [4.78, 5) is 0. The molecule has 1 heterocycles. The molecule has 1 aliphatic rings. The van der Waals surface area contributed by atoms with Crippen molar-refractivity contribution in [3.63, 3.8) is 0 Å². The molecule has 4 atom stereocenters. The van der Waals surface area contributed by atoms with Gasteiger partial charge in [0.1, 0.15) is 24.4 Å². The van der Waals surface area contributed by atoms with Crippen molar-refractivity contribution in [3.05, 3.63) is 12.3 Å². The summed E-state index contributed by atoms with van der Waals surface area (Å²) in [6.45, 7) is 2.07. The fourth-order valence-electron chi connectivity index (χ4n) is 3.86. The molecule has 5 heteroatoms. The molecule has 0 aromatic heterocycles. The molecule has 3 N–H and O–H groups in total. The van der Waals surface area contributed by atoms with Crippen LogP contribution in [0.3, 0.4) is 0 Å². The van der Waals surface area contributed by atoms with Crippen LogP contribution in [0.5, 0.6) is 0 Å². The van der Waals surface area contributed by atoms with E-state index in [1.165, 1.54) is 83.5 Å². The monoisotopic (exact) mass is 414 g/mol. The van der Waals surface area contributed by atoms with Gasteiger partial charge in [-0.2, -0.15) is 0 Å². The summed E-state index contributed by atoms with van der Waals surface area (Å²) in [6.07, 6.45) is 20.4. The van der Waals surface area contributed by atoms with Crippen molar-refractivity contribution in [2.75, 3.05) is 13.2 Å². The largest absolute Gasteiger partial charge is 0.493 e. The van der Waals surface area contributed by atoms with E-state index in [4.69, 9.17) is 14.6 Å². The number of unbranched alkanes of at least 4 members (excludes halogenated alkanes) is 14. The lowest BCUT2D eigenvalue weighted by Gasteiger charge is -2.20. The standard InChI is InChI=1S/C24H46O5/c1-2-3-4-5-6-7-8-9-10-11-12-13-14-15-16-17-18-28-22-20-29-24(23(22)27)21(26)19-25/h17-18,21-27H,2-16,19-20H2,1H3/b18-17+/t21-,22+,23-,24-/m0/s1. The first-order valence-electron chi connectivity index (χ1n) is 12.1. The number of ether oxygens (including phenoxy) is 2. The van der Waals surface area contributed by atoms with Crippen molar-refractivity contribution in [1.82, 2.24) is 0 Å². The fourth-order valence-corrected chi connectivity index (χ4v) is 3.86. The van der Waals surface area contributed by atoms with Crippen molar-refractivity contribution in [2.45, 2.75) is 128 Å². The highest BCUT2D eigenvalue weighted by Gasteiger charge is 2.40. The highest BCUT2D eigenvalue weighted by atomic mass is 16.6. The Hall–Kier alpha value is -0.620. The van der Waals surface area contributed by atoms with E-state index in [1.54, 1.807) is 6.26 Å². The van der Waals surface area contributed by atoms with Crippen LogP contribution in [-0.4, -0.2) is 52.9 Å². The summed E-state index contributed by atoms with van der Waals surface area (Å²) in [5.41, 5.74) is 0. The maximum absolute atomic E-state index is 10.0. The molecule has 1 aliphatic heterocycles. The first kappa shape index (κ1) is 26.4. The Kier molecular flexibility index (Phi) is 16.6. The van der Waals surface area contributed by atoms with Crippen LogP contribution in [0.4, 0.5) is 0 Å². The molecule has 0 aromatic carbocycles.